The van der Waals surface area contributed by atoms with Gasteiger partial charge < -0.3 is 15.2 Å². The van der Waals surface area contributed by atoms with Gasteiger partial charge in [-0.05, 0) is 32.6 Å². The number of nitrogen functional groups attached to an aromatic ring is 1. The normalized spacial score (nSPS) is 11.6. The molecule has 0 saturated heterocycles. The highest BCUT2D eigenvalue weighted by molar-refractivity contribution is 5.87. The van der Waals surface area contributed by atoms with Crippen molar-refractivity contribution in [3.05, 3.63) is 24.0 Å². The van der Waals surface area contributed by atoms with Crippen molar-refractivity contribution in [2.45, 2.75) is 32.7 Å². The van der Waals surface area contributed by atoms with Gasteiger partial charge in [-0.3, -0.25) is 0 Å². The lowest BCUT2D eigenvalue weighted by Crippen LogP contribution is -2.19. The van der Waals surface area contributed by atoms with Gasteiger partial charge in [-0.15, -0.1) is 0 Å². The predicted molar refractivity (Wildman–Crippen MR) is 81.3 cm³/mol. The first kappa shape index (κ1) is 13.9. The zero-order chi connectivity index (χ0) is 13.8. The van der Waals surface area contributed by atoms with E-state index in [0.29, 0.717) is 0 Å². The van der Waals surface area contributed by atoms with E-state index in [2.05, 4.69) is 36.6 Å². The molecule has 1 heterocycles. The number of para-hydroxylation sites is 1. The standard InChI is InChI=1S/C15H24N4/c1-4-5-9-14-17-15-12(16)7-6-8-13(15)19(14)11-10-18(2)3/h6-8H,4-5,9-11,16H2,1-3H3. The van der Waals surface area contributed by atoms with Crippen LogP contribution in [-0.2, 0) is 13.0 Å². The third-order valence-electron chi connectivity index (χ3n) is 3.41. The molecule has 0 fully saturated rings. The van der Waals surface area contributed by atoms with Crippen LogP contribution in [0.25, 0.3) is 11.0 Å². The van der Waals surface area contributed by atoms with E-state index in [-0.39, 0.29) is 0 Å². The molecule has 4 nitrogen and oxygen atoms in total. The number of nitrogens with two attached hydrogens (primary N) is 1. The van der Waals surface area contributed by atoms with Gasteiger partial charge in [-0.25, -0.2) is 4.98 Å². The molecule has 4 heteroatoms. The van der Waals surface area contributed by atoms with Crippen molar-refractivity contribution in [1.82, 2.24) is 14.5 Å². The topological polar surface area (TPSA) is 47.1 Å². The first-order chi connectivity index (χ1) is 9.13. The predicted octanol–water partition coefficient (Wildman–Crippen LogP) is 2.52. The van der Waals surface area contributed by atoms with Gasteiger partial charge in [-0.1, -0.05) is 19.4 Å². The lowest BCUT2D eigenvalue weighted by atomic mass is 10.2. The summed E-state index contributed by atoms with van der Waals surface area (Å²) in [5.41, 5.74) is 8.92. The molecule has 0 aliphatic rings. The van der Waals surface area contributed by atoms with Crippen molar-refractivity contribution >= 4 is 16.7 Å². The SMILES string of the molecule is CCCCc1nc2c(N)cccc2n1CCN(C)C. The average Bonchev–Trinajstić information content (AvgIpc) is 2.73. The zero-order valence-electron chi connectivity index (χ0n) is 12.2. The van der Waals surface area contributed by atoms with Crippen LogP contribution in [0.15, 0.2) is 18.2 Å². The Balaban J connectivity index is 2.39. The van der Waals surface area contributed by atoms with E-state index < -0.39 is 0 Å². The van der Waals surface area contributed by atoms with Crippen LogP contribution in [0.1, 0.15) is 25.6 Å². The molecule has 0 spiro atoms. The monoisotopic (exact) mass is 260 g/mol. The first-order valence-corrected chi connectivity index (χ1v) is 7.01. The maximum atomic E-state index is 6.04. The number of anilines is 1. The molecule has 0 radical (unpaired) electrons. The molecular formula is C15H24N4. The minimum atomic E-state index is 0.777. The number of benzene rings is 1. The number of rotatable bonds is 6. The van der Waals surface area contributed by atoms with E-state index >= 15 is 0 Å². The van der Waals surface area contributed by atoms with Crippen LogP contribution in [-0.4, -0.2) is 35.1 Å². The van der Waals surface area contributed by atoms with Crippen LogP contribution < -0.4 is 5.73 Å². The van der Waals surface area contributed by atoms with E-state index in [1.165, 1.54) is 12.8 Å². The first-order valence-electron chi connectivity index (χ1n) is 7.01. The fraction of sp³-hybridized carbons (Fsp3) is 0.533. The second-order valence-corrected chi connectivity index (χ2v) is 5.30. The summed E-state index contributed by atoms with van der Waals surface area (Å²) in [6.07, 6.45) is 3.38. The van der Waals surface area contributed by atoms with Crippen LogP contribution in [0.4, 0.5) is 5.69 Å². The van der Waals surface area contributed by atoms with Gasteiger partial charge in [0.1, 0.15) is 11.3 Å². The molecule has 0 unspecified atom stereocenters. The van der Waals surface area contributed by atoms with Crippen molar-refractivity contribution < 1.29 is 0 Å². The molecule has 2 N–H and O–H groups in total. The lowest BCUT2D eigenvalue weighted by Gasteiger charge is -2.13. The summed E-state index contributed by atoms with van der Waals surface area (Å²) in [4.78, 5) is 6.94. The highest BCUT2D eigenvalue weighted by Gasteiger charge is 2.12. The Hall–Kier alpha value is -1.55. The largest absolute Gasteiger partial charge is 0.397 e. The van der Waals surface area contributed by atoms with Crippen molar-refractivity contribution in [3.63, 3.8) is 0 Å². The van der Waals surface area contributed by atoms with E-state index in [1.54, 1.807) is 0 Å². The molecule has 0 bridgehead atoms. The van der Waals surface area contributed by atoms with E-state index in [9.17, 15) is 0 Å². The minimum absolute atomic E-state index is 0.777. The van der Waals surface area contributed by atoms with Gasteiger partial charge in [0.25, 0.3) is 0 Å². The maximum absolute atomic E-state index is 6.04. The van der Waals surface area contributed by atoms with Gasteiger partial charge in [0.2, 0.25) is 0 Å². The van der Waals surface area contributed by atoms with Crippen molar-refractivity contribution in [1.29, 1.82) is 0 Å². The second kappa shape index (κ2) is 6.06. The number of likely N-dealkylation sites (N-methyl/N-ethyl adjacent to an activating group) is 1. The minimum Gasteiger partial charge on any atom is -0.397 e. The third-order valence-corrected chi connectivity index (χ3v) is 3.41. The molecule has 0 amide bonds. The van der Waals surface area contributed by atoms with Crippen LogP contribution >= 0.6 is 0 Å². The third kappa shape index (κ3) is 3.07. The molecule has 2 aromatic rings. The summed E-state index contributed by atoms with van der Waals surface area (Å²) in [7, 11) is 4.19. The molecule has 2 rings (SSSR count). The van der Waals surface area contributed by atoms with E-state index in [0.717, 1.165) is 42.1 Å². The molecular weight excluding hydrogens is 236 g/mol. The van der Waals surface area contributed by atoms with Crippen LogP contribution in [0, 0.1) is 0 Å². The van der Waals surface area contributed by atoms with Crippen LogP contribution in [0.2, 0.25) is 0 Å². The smallest absolute Gasteiger partial charge is 0.112 e. The Kier molecular flexibility index (Phi) is 4.43. The fourth-order valence-corrected chi connectivity index (χ4v) is 2.29. The number of nitrogens with zero attached hydrogens (tertiary/aromatic N) is 3. The number of fused-ring (bicyclic) bond motifs is 1. The summed E-state index contributed by atoms with van der Waals surface area (Å²) in [6, 6.07) is 6.05. The molecule has 0 aliphatic heterocycles. The fourth-order valence-electron chi connectivity index (χ4n) is 2.29. The second-order valence-electron chi connectivity index (χ2n) is 5.30. The number of unbranched alkanes of at least 4 members (excludes halogenated alkanes) is 1. The molecule has 0 saturated carbocycles. The van der Waals surface area contributed by atoms with Crippen LogP contribution in [0.5, 0.6) is 0 Å². The summed E-state index contributed by atoms with van der Waals surface area (Å²) in [6.45, 7) is 4.19. The quantitative estimate of drug-likeness (QED) is 0.812. The number of aromatic nitrogens is 2. The molecule has 0 atom stereocenters. The van der Waals surface area contributed by atoms with E-state index in [1.807, 2.05) is 12.1 Å². The molecule has 0 aliphatic carbocycles. The van der Waals surface area contributed by atoms with E-state index in [4.69, 9.17) is 10.7 Å². The highest BCUT2D eigenvalue weighted by atomic mass is 15.1. The average molecular weight is 260 g/mol. The Morgan fingerprint density at radius 2 is 2.11 bits per heavy atom. The summed E-state index contributed by atoms with van der Waals surface area (Å²) in [5, 5.41) is 0. The van der Waals surface area contributed by atoms with Gasteiger partial charge in [0.05, 0.1) is 11.2 Å². The zero-order valence-corrected chi connectivity index (χ0v) is 12.2. The number of imidazole rings is 1. The number of hydrogen-bond donors (Lipinski definition) is 1. The number of hydrogen-bond acceptors (Lipinski definition) is 3. The van der Waals surface area contributed by atoms with Crippen LogP contribution in [0.3, 0.4) is 0 Å². The number of aryl methyl sites for hydroxylation is 1. The molecule has 104 valence electrons. The molecule has 1 aromatic heterocycles. The summed E-state index contributed by atoms with van der Waals surface area (Å²) < 4.78 is 2.32. The van der Waals surface area contributed by atoms with Crippen molar-refractivity contribution in [2.75, 3.05) is 26.4 Å². The Bertz CT molecular complexity index is 542. The Labute approximate surface area is 115 Å². The van der Waals surface area contributed by atoms with Crippen molar-refractivity contribution in [3.8, 4) is 0 Å². The Morgan fingerprint density at radius 1 is 1.32 bits per heavy atom. The van der Waals surface area contributed by atoms with Gasteiger partial charge in [0.15, 0.2) is 0 Å². The van der Waals surface area contributed by atoms with Gasteiger partial charge >= 0.3 is 0 Å². The Morgan fingerprint density at radius 3 is 2.79 bits per heavy atom. The highest BCUT2D eigenvalue weighted by Crippen LogP contribution is 2.22. The lowest BCUT2D eigenvalue weighted by molar-refractivity contribution is 0.383. The molecule has 1 aromatic carbocycles. The van der Waals surface area contributed by atoms with Gasteiger partial charge in [0, 0.05) is 19.5 Å². The molecule has 19 heavy (non-hydrogen) atoms. The maximum Gasteiger partial charge on any atom is 0.112 e. The summed E-state index contributed by atoms with van der Waals surface area (Å²) in [5.74, 6) is 1.16. The van der Waals surface area contributed by atoms with Crippen molar-refractivity contribution in [2.24, 2.45) is 0 Å². The summed E-state index contributed by atoms with van der Waals surface area (Å²) >= 11 is 0. The van der Waals surface area contributed by atoms with Gasteiger partial charge in [-0.2, -0.15) is 0 Å².